The van der Waals surface area contributed by atoms with Gasteiger partial charge in [-0.05, 0) is 56.0 Å². The number of hydrogen-bond acceptors (Lipinski definition) is 5. The minimum atomic E-state index is -0.236. The molecular weight excluding hydrogens is 342 g/mol. The molecule has 0 aliphatic carbocycles. The number of amides is 1. The maximum atomic E-state index is 12.5. The highest BCUT2D eigenvalue weighted by Crippen LogP contribution is 2.28. The van der Waals surface area contributed by atoms with Crippen molar-refractivity contribution in [1.29, 1.82) is 0 Å². The fourth-order valence-electron chi connectivity index (χ4n) is 3.56. The van der Waals surface area contributed by atoms with Gasteiger partial charge in [-0.1, -0.05) is 6.92 Å². The van der Waals surface area contributed by atoms with Crippen molar-refractivity contribution in [3.05, 3.63) is 42.1 Å². The van der Waals surface area contributed by atoms with Crippen molar-refractivity contribution in [2.75, 3.05) is 31.0 Å². The number of anilines is 2. The Kier molecular flexibility index (Phi) is 6.16. The van der Waals surface area contributed by atoms with Gasteiger partial charge in [-0.3, -0.25) is 4.79 Å². The van der Waals surface area contributed by atoms with Crippen LogP contribution in [0.4, 0.5) is 11.5 Å². The molecule has 6 heteroatoms. The standard InChI is InChI=1S/C21H27N3O3/c1-4-16-7-5-6-12-24(16)17-9-11-20(22-14-17)23-21(25)15-8-10-18(26-2)19(13-15)27-3/h8-11,13-14,16H,4-7,12H2,1-3H3,(H,22,23,25). The van der Waals surface area contributed by atoms with Crippen molar-refractivity contribution in [3.63, 3.8) is 0 Å². The molecule has 1 unspecified atom stereocenters. The molecule has 1 saturated heterocycles. The Labute approximate surface area is 160 Å². The number of methoxy groups -OCH3 is 2. The van der Waals surface area contributed by atoms with Crippen LogP contribution in [-0.2, 0) is 0 Å². The third-order valence-electron chi connectivity index (χ3n) is 5.07. The molecule has 0 saturated carbocycles. The number of pyridine rings is 1. The van der Waals surface area contributed by atoms with E-state index < -0.39 is 0 Å². The summed E-state index contributed by atoms with van der Waals surface area (Å²) < 4.78 is 10.5. The lowest BCUT2D eigenvalue weighted by Crippen LogP contribution is -2.39. The van der Waals surface area contributed by atoms with Crippen molar-refractivity contribution in [1.82, 2.24) is 4.98 Å². The number of carbonyl (C=O) groups excluding carboxylic acids is 1. The summed E-state index contributed by atoms with van der Waals surface area (Å²) in [5.41, 5.74) is 1.60. The summed E-state index contributed by atoms with van der Waals surface area (Å²) in [4.78, 5) is 19.4. The molecule has 1 aliphatic rings. The second-order valence-electron chi connectivity index (χ2n) is 6.68. The van der Waals surface area contributed by atoms with Gasteiger partial charge in [0.1, 0.15) is 5.82 Å². The smallest absolute Gasteiger partial charge is 0.256 e. The molecule has 1 aromatic carbocycles. The van der Waals surface area contributed by atoms with Gasteiger partial charge in [-0.25, -0.2) is 4.98 Å². The van der Waals surface area contributed by atoms with Crippen molar-refractivity contribution in [2.45, 2.75) is 38.6 Å². The van der Waals surface area contributed by atoms with Crippen LogP contribution in [-0.4, -0.2) is 37.7 Å². The lowest BCUT2D eigenvalue weighted by Gasteiger charge is -2.37. The van der Waals surface area contributed by atoms with Crippen LogP contribution in [0.5, 0.6) is 11.5 Å². The lowest BCUT2D eigenvalue weighted by atomic mass is 9.99. The zero-order chi connectivity index (χ0) is 19.2. The van der Waals surface area contributed by atoms with Crippen LogP contribution in [0.25, 0.3) is 0 Å². The third kappa shape index (κ3) is 4.32. The molecule has 1 fully saturated rings. The number of carbonyl (C=O) groups is 1. The van der Waals surface area contributed by atoms with E-state index in [9.17, 15) is 4.79 Å². The van der Waals surface area contributed by atoms with Crippen LogP contribution >= 0.6 is 0 Å². The number of aromatic nitrogens is 1. The molecule has 1 amide bonds. The highest BCUT2D eigenvalue weighted by Gasteiger charge is 2.21. The summed E-state index contributed by atoms with van der Waals surface area (Å²) in [7, 11) is 3.11. The average Bonchev–Trinajstić information content (AvgIpc) is 2.73. The predicted molar refractivity (Wildman–Crippen MR) is 107 cm³/mol. The lowest BCUT2D eigenvalue weighted by molar-refractivity contribution is 0.102. The van der Waals surface area contributed by atoms with Crippen LogP contribution in [0.2, 0.25) is 0 Å². The van der Waals surface area contributed by atoms with Crippen molar-refractivity contribution < 1.29 is 14.3 Å². The van der Waals surface area contributed by atoms with Crippen molar-refractivity contribution in [2.24, 2.45) is 0 Å². The molecule has 1 N–H and O–H groups in total. The van der Waals surface area contributed by atoms with Crippen molar-refractivity contribution >= 4 is 17.4 Å². The second-order valence-corrected chi connectivity index (χ2v) is 6.68. The minimum absolute atomic E-state index is 0.236. The van der Waals surface area contributed by atoms with Gasteiger partial charge >= 0.3 is 0 Å². The number of rotatable bonds is 6. The van der Waals surface area contributed by atoms with E-state index in [0.717, 1.165) is 18.7 Å². The fourth-order valence-corrected chi connectivity index (χ4v) is 3.56. The van der Waals surface area contributed by atoms with E-state index in [1.54, 1.807) is 32.4 Å². The van der Waals surface area contributed by atoms with Crippen LogP contribution in [0.1, 0.15) is 43.0 Å². The maximum absolute atomic E-state index is 12.5. The van der Waals surface area contributed by atoms with Gasteiger partial charge in [-0.2, -0.15) is 0 Å². The zero-order valence-corrected chi connectivity index (χ0v) is 16.2. The molecule has 0 bridgehead atoms. The Hall–Kier alpha value is -2.76. The molecule has 1 aliphatic heterocycles. The maximum Gasteiger partial charge on any atom is 0.256 e. The predicted octanol–water partition coefficient (Wildman–Crippen LogP) is 4.12. The molecule has 2 aromatic rings. The number of benzene rings is 1. The summed E-state index contributed by atoms with van der Waals surface area (Å²) in [6, 6.07) is 9.53. The first-order chi connectivity index (χ1) is 13.2. The topological polar surface area (TPSA) is 63.7 Å². The van der Waals surface area contributed by atoms with Gasteiger partial charge in [0.05, 0.1) is 26.1 Å². The van der Waals surface area contributed by atoms with Gasteiger partial charge in [-0.15, -0.1) is 0 Å². The molecule has 3 rings (SSSR count). The van der Waals surface area contributed by atoms with Gasteiger partial charge in [0.15, 0.2) is 11.5 Å². The van der Waals surface area contributed by atoms with E-state index in [-0.39, 0.29) is 5.91 Å². The zero-order valence-electron chi connectivity index (χ0n) is 16.2. The first kappa shape index (κ1) is 19.0. The van der Waals surface area contributed by atoms with Crippen LogP contribution in [0.3, 0.4) is 0 Å². The molecule has 1 aromatic heterocycles. The largest absolute Gasteiger partial charge is 0.493 e. The SMILES string of the molecule is CCC1CCCCN1c1ccc(NC(=O)c2ccc(OC)c(OC)c2)nc1. The molecular formula is C21H27N3O3. The number of nitrogens with zero attached hydrogens (tertiary/aromatic N) is 2. The van der Waals surface area contributed by atoms with Crippen LogP contribution < -0.4 is 19.7 Å². The van der Waals surface area contributed by atoms with Gasteiger partial charge in [0, 0.05) is 18.2 Å². The first-order valence-electron chi connectivity index (χ1n) is 9.42. The summed E-state index contributed by atoms with van der Waals surface area (Å²) >= 11 is 0. The Morgan fingerprint density at radius 3 is 2.67 bits per heavy atom. The van der Waals surface area contributed by atoms with E-state index in [4.69, 9.17) is 9.47 Å². The minimum Gasteiger partial charge on any atom is -0.493 e. The average molecular weight is 369 g/mol. The molecule has 0 radical (unpaired) electrons. The Morgan fingerprint density at radius 2 is 2.00 bits per heavy atom. The molecule has 0 spiro atoms. The van der Waals surface area contributed by atoms with E-state index in [0.29, 0.717) is 28.9 Å². The van der Waals surface area contributed by atoms with E-state index in [1.807, 2.05) is 18.3 Å². The highest BCUT2D eigenvalue weighted by atomic mass is 16.5. The molecule has 6 nitrogen and oxygen atoms in total. The Morgan fingerprint density at radius 1 is 1.19 bits per heavy atom. The van der Waals surface area contributed by atoms with E-state index in [1.165, 1.54) is 19.3 Å². The fraction of sp³-hybridized carbons (Fsp3) is 0.429. The summed E-state index contributed by atoms with van der Waals surface area (Å²) in [6.45, 7) is 3.30. The Bertz CT molecular complexity index is 777. The Balaban J connectivity index is 1.70. The van der Waals surface area contributed by atoms with Crippen molar-refractivity contribution in [3.8, 4) is 11.5 Å². The molecule has 2 heterocycles. The quantitative estimate of drug-likeness (QED) is 0.830. The summed E-state index contributed by atoms with van der Waals surface area (Å²) in [6.07, 6.45) is 6.72. The second kappa shape index (κ2) is 8.75. The van der Waals surface area contributed by atoms with E-state index >= 15 is 0 Å². The van der Waals surface area contributed by atoms with Crippen LogP contribution in [0.15, 0.2) is 36.5 Å². The van der Waals surface area contributed by atoms with E-state index in [2.05, 4.69) is 22.1 Å². The highest BCUT2D eigenvalue weighted by molar-refractivity contribution is 6.04. The normalized spacial score (nSPS) is 16.7. The number of hydrogen-bond donors (Lipinski definition) is 1. The first-order valence-corrected chi connectivity index (χ1v) is 9.42. The summed E-state index contributed by atoms with van der Waals surface area (Å²) in [5, 5.41) is 2.84. The monoisotopic (exact) mass is 369 g/mol. The van der Waals surface area contributed by atoms with Gasteiger partial charge < -0.3 is 19.7 Å². The molecule has 1 atom stereocenters. The van der Waals surface area contributed by atoms with Gasteiger partial charge in [0.2, 0.25) is 0 Å². The third-order valence-corrected chi connectivity index (χ3v) is 5.07. The number of piperidine rings is 1. The summed E-state index contributed by atoms with van der Waals surface area (Å²) in [5.74, 6) is 1.40. The number of nitrogens with one attached hydrogen (secondary N) is 1. The molecule has 144 valence electrons. The van der Waals surface area contributed by atoms with Gasteiger partial charge in [0.25, 0.3) is 5.91 Å². The molecule has 27 heavy (non-hydrogen) atoms. The number of ether oxygens (including phenoxy) is 2. The van der Waals surface area contributed by atoms with Crippen LogP contribution in [0, 0.1) is 0 Å².